The maximum atomic E-state index is 10.3. The third-order valence-corrected chi connectivity index (χ3v) is 4.16. The van der Waals surface area contributed by atoms with Gasteiger partial charge in [-0.3, -0.25) is 0 Å². The highest BCUT2D eigenvalue weighted by Gasteiger charge is 2.21. The highest BCUT2D eigenvalue weighted by Crippen LogP contribution is 2.34. The van der Waals surface area contributed by atoms with Crippen LogP contribution >= 0.6 is 0 Å². The third kappa shape index (κ3) is 2.38. The van der Waals surface area contributed by atoms with Gasteiger partial charge < -0.3 is 9.84 Å². The predicted octanol–water partition coefficient (Wildman–Crippen LogP) is 3.33. The van der Waals surface area contributed by atoms with Gasteiger partial charge in [0, 0.05) is 0 Å². The highest BCUT2D eigenvalue weighted by atomic mass is 16.5. The minimum absolute atomic E-state index is 0.288. The Labute approximate surface area is 103 Å². The van der Waals surface area contributed by atoms with Gasteiger partial charge >= 0.3 is 0 Å². The fourth-order valence-corrected chi connectivity index (χ4v) is 3.10. The molecule has 1 unspecified atom stereocenters. The van der Waals surface area contributed by atoms with Gasteiger partial charge in [-0.05, 0) is 29.0 Å². The molecule has 1 aromatic carbocycles. The zero-order valence-electron chi connectivity index (χ0n) is 10.2. The Hall–Kier alpha value is -0.860. The molecule has 17 heavy (non-hydrogen) atoms. The van der Waals surface area contributed by atoms with E-state index in [9.17, 15) is 5.11 Å². The molecule has 1 aliphatic carbocycles. The van der Waals surface area contributed by atoms with Crippen molar-refractivity contribution in [2.45, 2.75) is 51.4 Å². The molecule has 92 valence electrons. The molecule has 1 N–H and O–H groups in total. The smallest absolute Gasteiger partial charge is 0.0792 e. The van der Waals surface area contributed by atoms with E-state index in [0.717, 1.165) is 24.5 Å². The monoisotopic (exact) mass is 232 g/mol. The Kier molecular flexibility index (Phi) is 3.17. The molecule has 0 spiro atoms. The molecule has 0 aromatic heterocycles. The number of ether oxygens (including phenoxy) is 1. The van der Waals surface area contributed by atoms with Crippen molar-refractivity contribution in [3.05, 3.63) is 34.9 Å². The number of hydrogen-bond donors (Lipinski definition) is 1. The molecule has 0 amide bonds. The largest absolute Gasteiger partial charge is 0.388 e. The minimum atomic E-state index is -0.288. The van der Waals surface area contributed by atoms with Crippen LogP contribution in [-0.4, -0.2) is 5.11 Å². The van der Waals surface area contributed by atoms with E-state index in [4.69, 9.17) is 4.74 Å². The quantitative estimate of drug-likeness (QED) is 0.866. The molecular formula is C15H20O2. The molecular weight excluding hydrogens is 212 g/mol. The van der Waals surface area contributed by atoms with E-state index in [1.54, 1.807) is 0 Å². The van der Waals surface area contributed by atoms with Crippen molar-refractivity contribution in [2.24, 2.45) is 5.92 Å². The Morgan fingerprint density at radius 1 is 1.18 bits per heavy atom. The Morgan fingerprint density at radius 2 is 1.94 bits per heavy atom. The van der Waals surface area contributed by atoms with Crippen LogP contribution in [0.2, 0.25) is 0 Å². The number of rotatable bonds is 3. The molecule has 2 aliphatic rings. The second kappa shape index (κ2) is 4.79. The average Bonchev–Trinajstić information content (AvgIpc) is 2.97. The maximum Gasteiger partial charge on any atom is 0.0792 e. The Bertz CT molecular complexity index is 394. The lowest BCUT2D eigenvalue weighted by Gasteiger charge is -2.16. The second-order valence-corrected chi connectivity index (χ2v) is 5.42. The molecule has 1 aromatic rings. The minimum Gasteiger partial charge on any atom is -0.388 e. The summed E-state index contributed by atoms with van der Waals surface area (Å²) in [6.45, 7) is 1.44. The zero-order chi connectivity index (χ0) is 11.7. The van der Waals surface area contributed by atoms with Gasteiger partial charge in [-0.25, -0.2) is 0 Å². The summed E-state index contributed by atoms with van der Waals surface area (Å²) in [6, 6.07) is 6.30. The van der Waals surface area contributed by atoms with Crippen molar-refractivity contribution >= 4 is 0 Å². The molecule has 1 heterocycles. The molecule has 1 fully saturated rings. The second-order valence-electron chi connectivity index (χ2n) is 5.42. The summed E-state index contributed by atoms with van der Waals surface area (Å²) in [5, 5.41) is 10.3. The lowest BCUT2D eigenvalue weighted by atomic mass is 9.94. The van der Waals surface area contributed by atoms with E-state index < -0.39 is 0 Å². The lowest BCUT2D eigenvalue weighted by molar-refractivity contribution is 0.134. The van der Waals surface area contributed by atoms with Crippen LogP contribution in [0.15, 0.2) is 18.2 Å². The molecule has 0 bridgehead atoms. The summed E-state index contributed by atoms with van der Waals surface area (Å²) in [4.78, 5) is 0. The highest BCUT2D eigenvalue weighted by molar-refractivity contribution is 5.34. The van der Waals surface area contributed by atoms with Crippen molar-refractivity contribution in [3.63, 3.8) is 0 Å². The SMILES string of the molecule is OC(CC1CCCC1)c1ccc2c(c1)COC2. The number of aliphatic hydroxyl groups excluding tert-OH is 1. The normalized spacial score (nSPS) is 21.7. The van der Waals surface area contributed by atoms with E-state index in [1.165, 1.54) is 36.8 Å². The van der Waals surface area contributed by atoms with Gasteiger partial charge in [-0.15, -0.1) is 0 Å². The molecule has 1 atom stereocenters. The van der Waals surface area contributed by atoms with Gasteiger partial charge in [-0.2, -0.15) is 0 Å². The molecule has 1 saturated carbocycles. The molecule has 1 aliphatic heterocycles. The first-order valence-electron chi connectivity index (χ1n) is 6.70. The number of hydrogen-bond acceptors (Lipinski definition) is 2. The van der Waals surface area contributed by atoms with Crippen LogP contribution in [0.5, 0.6) is 0 Å². The van der Waals surface area contributed by atoms with Crippen molar-refractivity contribution in [1.29, 1.82) is 0 Å². The van der Waals surface area contributed by atoms with Gasteiger partial charge in [0.05, 0.1) is 19.3 Å². The molecule has 0 radical (unpaired) electrons. The molecule has 3 rings (SSSR count). The Balaban J connectivity index is 1.70. The first-order valence-corrected chi connectivity index (χ1v) is 6.70. The standard InChI is InChI=1S/C15H20O2/c16-15(7-11-3-1-2-4-11)12-5-6-13-9-17-10-14(13)8-12/h5-6,8,11,15-16H,1-4,7,9-10H2. The van der Waals surface area contributed by atoms with Crippen LogP contribution in [0.25, 0.3) is 0 Å². The van der Waals surface area contributed by atoms with E-state index in [2.05, 4.69) is 18.2 Å². The Morgan fingerprint density at radius 3 is 2.76 bits per heavy atom. The summed E-state index contributed by atoms with van der Waals surface area (Å²) in [5.41, 5.74) is 3.61. The zero-order valence-corrected chi connectivity index (χ0v) is 10.2. The molecule has 0 saturated heterocycles. The summed E-state index contributed by atoms with van der Waals surface area (Å²) >= 11 is 0. The molecule has 2 heteroatoms. The fraction of sp³-hybridized carbons (Fsp3) is 0.600. The van der Waals surface area contributed by atoms with Gasteiger partial charge in [0.25, 0.3) is 0 Å². The summed E-state index contributed by atoms with van der Waals surface area (Å²) in [6.07, 6.45) is 5.92. The average molecular weight is 232 g/mol. The number of aliphatic hydroxyl groups is 1. The van der Waals surface area contributed by atoms with Crippen molar-refractivity contribution in [3.8, 4) is 0 Å². The first-order chi connectivity index (χ1) is 8.33. The fourth-order valence-electron chi connectivity index (χ4n) is 3.10. The maximum absolute atomic E-state index is 10.3. The van der Waals surface area contributed by atoms with E-state index in [-0.39, 0.29) is 6.10 Å². The lowest BCUT2D eigenvalue weighted by Crippen LogP contribution is -2.04. The van der Waals surface area contributed by atoms with Crippen molar-refractivity contribution in [2.75, 3.05) is 0 Å². The number of benzene rings is 1. The molecule has 2 nitrogen and oxygen atoms in total. The first kappa shape index (κ1) is 11.2. The van der Waals surface area contributed by atoms with Crippen LogP contribution in [0, 0.1) is 5.92 Å². The topological polar surface area (TPSA) is 29.5 Å². The van der Waals surface area contributed by atoms with E-state index in [0.29, 0.717) is 6.61 Å². The van der Waals surface area contributed by atoms with Crippen LogP contribution in [-0.2, 0) is 18.0 Å². The van der Waals surface area contributed by atoms with Gasteiger partial charge in [0.15, 0.2) is 0 Å². The van der Waals surface area contributed by atoms with Gasteiger partial charge in [-0.1, -0.05) is 43.9 Å². The van der Waals surface area contributed by atoms with Gasteiger partial charge in [0.1, 0.15) is 0 Å². The third-order valence-electron chi connectivity index (χ3n) is 4.16. The summed E-state index contributed by atoms with van der Waals surface area (Å²) < 4.78 is 5.40. The van der Waals surface area contributed by atoms with Crippen molar-refractivity contribution < 1.29 is 9.84 Å². The van der Waals surface area contributed by atoms with Crippen molar-refractivity contribution in [1.82, 2.24) is 0 Å². The van der Waals surface area contributed by atoms with Crippen LogP contribution in [0.1, 0.15) is 54.9 Å². The van der Waals surface area contributed by atoms with Crippen LogP contribution in [0.3, 0.4) is 0 Å². The van der Waals surface area contributed by atoms with Gasteiger partial charge in [0.2, 0.25) is 0 Å². The van der Waals surface area contributed by atoms with Crippen LogP contribution < -0.4 is 0 Å². The van der Waals surface area contributed by atoms with E-state index in [1.807, 2.05) is 0 Å². The predicted molar refractivity (Wildman–Crippen MR) is 66.5 cm³/mol. The summed E-state index contributed by atoms with van der Waals surface area (Å²) in [5.74, 6) is 0.731. The summed E-state index contributed by atoms with van der Waals surface area (Å²) in [7, 11) is 0. The van der Waals surface area contributed by atoms with E-state index >= 15 is 0 Å². The number of fused-ring (bicyclic) bond motifs is 1. The van der Waals surface area contributed by atoms with Crippen LogP contribution in [0.4, 0.5) is 0 Å².